The second-order valence-corrected chi connectivity index (χ2v) is 5.14. The van der Waals surface area contributed by atoms with E-state index < -0.39 is 6.04 Å². The number of nitrogens with zero attached hydrogens (tertiary/aromatic N) is 1. The number of anilines is 1. The number of carbonyl (C=O) groups excluding carboxylic acids is 1. The second kappa shape index (κ2) is 6.68. The fourth-order valence-corrected chi connectivity index (χ4v) is 2.37. The quantitative estimate of drug-likeness (QED) is 0.852. The lowest BCUT2D eigenvalue weighted by Gasteiger charge is -2.18. The molecule has 0 aliphatic carbocycles. The van der Waals surface area contributed by atoms with Crippen LogP contribution in [0.1, 0.15) is 31.7 Å². The van der Waals surface area contributed by atoms with Crippen LogP contribution in [-0.2, 0) is 11.3 Å². The van der Waals surface area contributed by atoms with E-state index >= 15 is 0 Å². The van der Waals surface area contributed by atoms with Crippen molar-refractivity contribution in [3.05, 3.63) is 29.8 Å². The molecule has 0 aromatic heterocycles. The van der Waals surface area contributed by atoms with Gasteiger partial charge in [0.2, 0.25) is 5.91 Å². The molecule has 3 N–H and O–H groups in total. The minimum atomic E-state index is -0.431. The van der Waals surface area contributed by atoms with E-state index in [0.29, 0.717) is 6.42 Å². The zero-order chi connectivity index (χ0) is 13.7. The molecule has 19 heavy (non-hydrogen) atoms. The number of hydrogen-bond donors (Lipinski definition) is 2. The van der Waals surface area contributed by atoms with Gasteiger partial charge in [-0.1, -0.05) is 25.1 Å². The van der Waals surface area contributed by atoms with Gasteiger partial charge < -0.3 is 11.1 Å². The first kappa shape index (κ1) is 14.0. The predicted octanol–water partition coefficient (Wildman–Crippen LogP) is 1.96. The Labute approximate surface area is 115 Å². The summed E-state index contributed by atoms with van der Waals surface area (Å²) < 4.78 is 0. The molecule has 0 saturated carbocycles. The molecule has 1 amide bonds. The zero-order valence-electron chi connectivity index (χ0n) is 11.6. The molecule has 0 bridgehead atoms. The summed E-state index contributed by atoms with van der Waals surface area (Å²) in [5, 5.41) is 2.94. The molecular formula is C15H23N3O. The van der Waals surface area contributed by atoms with Crippen LogP contribution >= 0.6 is 0 Å². The van der Waals surface area contributed by atoms with E-state index in [1.54, 1.807) is 0 Å². The number of para-hydroxylation sites is 1. The predicted molar refractivity (Wildman–Crippen MR) is 77.8 cm³/mol. The summed E-state index contributed by atoms with van der Waals surface area (Å²) in [7, 11) is 0. The highest BCUT2D eigenvalue weighted by Gasteiger charge is 2.16. The third kappa shape index (κ3) is 3.78. The van der Waals surface area contributed by atoms with Gasteiger partial charge in [-0.25, -0.2) is 0 Å². The largest absolute Gasteiger partial charge is 0.324 e. The Kier molecular flexibility index (Phi) is 4.93. The highest BCUT2D eigenvalue weighted by Crippen LogP contribution is 2.20. The van der Waals surface area contributed by atoms with Gasteiger partial charge in [0.25, 0.3) is 0 Å². The van der Waals surface area contributed by atoms with Crippen molar-refractivity contribution in [2.45, 2.75) is 38.8 Å². The molecule has 4 heteroatoms. The number of carbonyl (C=O) groups is 1. The van der Waals surface area contributed by atoms with E-state index in [-0.39, 0.29) is 5.91 Å². The molecule has 0 radical (unpaired) electrons. The van der Waals surface area contributed by atoms with Crippen molar-refractivity contribution in [1.82, 2.24) is 4.90 Å². The first-order valence-corrected chi connectivity index (χ1v) is 7.07. The Morgan fingerprint density at radius 1 is 1.37 bits per heavy atom. The van der Waals surface area contributed by atoms with Gasteiger partial charge in [0.05, 0.1) is 6.04 Å². The van der Waals surface area contributed by atoms with Gasteiger partial charge >= 0.3 is 0 Å². The SMILES string of the molecule is CCC(N)C(=O)Nc1ccccc1CN1CCCC1. The highest BCUT2D eigenvalue weighted by molar-refractivity contribution is 5.95. The summed E-state index contributed by atoms with van der Waals surface area (Å²) >= 11 is 0. The van der Waals surface area contributed by atoms with Gasteiger partial charge in [-0.05, 0) is 44.0 Å². The molecule has 1 aromatic carbocycles. The van der Waals surface area contributed by atoms with E-state index in [1.807, 2.05) is 25.1 Å². The third-order valence-corrected chi connectivity index (χ3v) is 3.64. The highest BCUT2D eigenvalue weighted by atomic mass is 16.2. The summed E-state index contributed by atoms with van der Waals surface area (Å²) in [6.45, 7) is 5.12. The average molecular weight is 261 g/mol. The lowest BCUT2D eigenvalue weighted by atomic mass is 10.1. The van der Waals surface area contributed by atoms with Crippen LogP contribution in [0, 0.1) is 0 Å². The minimum Gasteiger partial charge on any atom is -0.324 e. The minimum absolute atomic E-state index is 0.101. The van der Waals surface area contributed by atoms with Crippen LogP contribution in [0.2, 0.25) is 0 Å². The Morgan fingerprint density at radius 3 is 2.74 bits per heavy atom. The number of amides is 1. The number of nitrogens with two attached hydrogens (primary N) is 1. The van der Waals surface area contributed by atoms with Crippen molar-refractivity contribution < 1.29 is 4.79 Å². The van der Waals surface area contributed by atoms with Crippen molar-refractivity contribution in [2.75, 3.05) is 18.4 Å². The van der Waals surface area contributed by atoms with Crippen LogP contribution in [0.3, 0.4) is 0 Å². The molecule has 1 fully saturated rings. The summed E-state index contributed by atoms with van der Waals surface area (Å²) in [5.74, 6) is -0.101. The molecular weight excluding hydrogens is 238 g/mol. The summed E-state index contributed by atoms with van der Waals surface area (Å²) in [6, 6.07) is 7.55. The molecule has 1 saturated heterocycles. The average Bonchev–Trinajstić information content (AvgIpc) is 2.93. The molecule has 1 heterocycles. The molecule has 4 nitrogen and oxygen atoms in total. The lowest BCUT2D eigenvalue weighted by molar-refractivity contribution is -0.117. The van der Waals surface area contributed by atoms with Crippen LogP contribution in [0.4, 0.5) is 5.69 Å². The van der Waals surface area contributed by atoms with Gasteiger partial charge in [-0.15, -0.1) is 0 Å². The smallest absolute Gasteiger partial charge is 0.241 e. The van der Waals surface area contributed by atoms with Gasteiger partial charge in [-0.3, -0.25) is 9.69 Å². The molecule has 1 aliphatic rings. The monoisotopic (exact) mass is 261 g/mol. The van der Waals surface area contributed by atoms with E-state index in [2.05, 4.69) is 16.3 Å². The third-order valence-electron chi connectivity index (χ3n) is 3.64. The zero-order valence-corrected chi connectivity index (χ0v) is 11.6. The van der Waals surface area contributed by atoms with Gasteiger partial charge in [-0.2, -0.15) is 0 Å². The van der Waals surface area contributed by atoms with Crippen LogP contribution in [0.15, 0.2) is 24.3 Å². The number of nitrogens with one attached hydrogen (secondary N) is 1. The molecule has 2 rings (SSSR count). The van der Waals surface area contributed by atoms with E-state index in [1.165, 1.54) is 18.4 Å². The molecule has 104 valence electrons. The van der Waals surface area contributed by atoms with Crippen LogP contribution in [-0.4, -0.2) is 29.9 Å². The number of rotatable bonds is 5. The van der Waals surface area contributed by atoms with Crippen molar-refractivity contribution >= 4 is 11.6 Å². The second-order valence-electron chi connectivity index (χ2n) is 5.14. The Morgan fingerprint density at radius 2 is 2.05 bits per heavy atom. The first-order valence-electron chi connectivity index (χ1n) is 7.07. The standard InChI is InChI=1S/C15H23N3O/c1-2-13(16)15(19)17-14-8-4-3-7-12(14)11-18-9-5-6-10-18/h3-4,7-8,13H,2,5-6,9-11,16H2,1H3,(H,17,19). The van der Waals surface area contributed by atoms with Crippen LogP contribution in [0.25, 0.3) is 0 Å². The topological polar surface area (TPSA) is 58.4 Å². The summed E-state index contributed by atoms with van der Waals surface area (Å²) in [4.78, 5) is 14.3. The molecule has 0 spiro atoms. The van der Waals surface area contributed by atoms with E-state index in [4.69, 9.17) is 5.73 Å². The Bertz CT molecular complexity index is 427. The van der Waals surface area contributed by atoms with Crippen molar-refractivity contribution in [1.29, 1.82) is 0 Å². The van der Waals surface area contributed by atoms with Crippen LogP contribution < -0.4 is 11.1 Å². The van der Waals surface area contributed by atoms with Crippen molar-refractivity contribution in [3.63, 3.8) is 0 Å². The van der Waals surface area contributed by atoms with Crippen molar-refractivity contribution in [2.24, 2.45) is 5.73 Å². The molecule has 1 unspecified atom stereocenters. The molecule has 1 aromatic rings. The Balaban J connectivity index is 2.05. The van der Waals surface area contributed by atoms with Gasteiger partial charge in [0.1, 0.15) is 0 Å². The fourth-order valence-electron chi connectivity index (χ4n) is 2.37. The van der Waals surface area contributed by atoms with E-state index in [0.717, 1.165) is 25.3 Å². The summed E-state index contributed by atoms with van der Waals surface area (Å²) in [6.07, 6.45) is 3.20. The lowest BCUT2D eigenvalue weighted by Crippen LogP contribution is -2.35. The Hall–Kier alpha value is -1.39. The number of benzene rings is 1. The van der Waals surface area contributed by atoms with Gasteiger partial charge in [0.15, 0.2) is 0 Å². The maximum absolute atomic E-state index is 11.9. The molecule has 1 atom stereocenters. The maximum Gasteiger partial charge on any atom is 0.241 e. The fraction of sp³-hybridized carbons (Fsp3) is 0.533. The maximum atomic E-state index is 11.9. The normalized spacial score (nSPS) is 17.4. The number of likely N-dealkylation sites (tertiary alicyclic amines) is 1. The first-order chi connectivity index (χ1) is 9.20. The van der Waals surface area contributed by atoms with Gasteiger partial charge in [0, 0.05) is 12.2 Å². The van der Waals surface area contributed by atoms with Crippen molar-refractivity contribution in [3.8, 4) is 0 Å². The molecule has 1 aliphatic heterocycles. The van der Waals surface area contributed by atoms with E-state index in [9.17, 15) is 4.79 Å². The van der Waals surface area contributed by atoms with Crippen LogP contribution in [0.5, 0.6) is 0 Å². The summed E-state index contributed by atoms with van der Waals surface area (Å²) in [5.41, 5.74) is 7.82. The number of hydrogen-bond acceptors (Lipinski definition) is 3.